The van der Waals surface area contributed by atoms with Crippen molar-refractivity contribution in [3.8, 4) is 11.6 Å². The van der Waals surface area contributed by atoms with Crippen LogP contribution in [0.1, 0.15) is 0 Å². The van der Waals surface area contributed by atoms with Gasteiger partial charge in [-0.05, 0) is 51.0 Å². The summed E-state index contributed by atoms with van der Waals surface area (Å²) in [6, 6.07) is 16.7. The van der Waals surface area contributed by atoms with Crippen LogP contribution in [0.15, 0.2) is 69.3 Å². The highest BCUT2D eigenvalue weighted by atomic mass is 79.9. The van der Waals surface area contributed by atoms with Crippen molar-refractivity contribution in [2.24, 2.45) is 10.2 Å². The Labute approximate surface area is 172 Å². The Hall–Kier alpha value is -2.90. The fourth-order valence-corrected chi connectivity index (χ4v) is 3.74. The van der Waals surface area contributed by atoms with Gasteiger partial charge in [-0.1, -0.05) is 41.9 Å². The molecule has 0 radical (unpaired) electrons. The van der Waals surface area contributed by atoms with Crippen molar-refractivity contribution in [3.05, 3.63) is 64.1 Å². The lowest BCUT2D eigenvalue weighted by molar-refractivity contribution is -0.120. The first kappa shape index (κ1) is 18.5. The molecular weight excluding hydrogens is 446 g/mol. The molecule has 8 heteroatoms. The Kier molecular flexibility index (Phi) is 5.02. The number of nitrogens with one attached hydrogen (secondary N) is 1. The number of carbonyl (C=O) groups excluding carboxylic acids is 1. The van der Waals surface area contributed by atoms with Gasteiger partial charge >= 0.3 is 5.91 Å². The van der Waals surface area contributed by atoms with Gasteiger partial charge in [0.2, 0.25) is 5.88 Å². The van der Waals surface area contributed by atoms with Crippen molar-refractivity contribution >= 4 is 60.8 Å². The molecule has 0 aliphatic carbocycles. The maximum Gasteiger partial charge on any atom is 0.302 e. The smallest absolute Gasteiger partial charge is 0.302 e. The van der Waals surface area contributed by atoms with E-state index in [1.165, 1.54) is 0 Å². The van der Waals surface area contributed by atoms with Crippen LogP contribution in [0.3, 0.4) is 0 Å². The maximum atomic E-state index is 12.0. The fourth-order valence-electron chi connectivity index (χ4n) is 2.83. The molecule has 140 valence electrons. The Morgan fingerprint density at radius 1 is 1.14 bits per heavy atom. The molecule has 0 atom stereocenters. The molecule has 0 saturated heterocycles. The number of fused-ring (bicyclic) bond motifs is 2. The highest BCUT2D eigenvalue weighted by Gasteiger charge is 2.14. The molecule has 6 nitrogen and oxygen atoms in total. The first-order chi connectivity index (χ1) is 13.5. The molecule has 4 aromatic rings. The lowest BCUT2D eigenvalue weighted by Crippen LogP contribution is -2.07. The Morgan fingerprint density at radius 2 is 1.93 bits per heavy atom. The summed E-state index contributed by atoms with van der Waals surface area (Å²) in [4.78, 5) is 14.8. The summed E-state index contributed by atoms with van der Waals surface area (Å²) in [6.07, 6.45) is 0. The fraction of sp³-hybridized carbons (Fsp3) is 0.0500. The first-order valence-electron chi connectivity index (χ1n) is 8.27. The SMILES string of the molecule is O=C(COc1ccc2ccccc2c1)N=Nc1c(O)[nH]c2c(Br)cc(Cl)cc12. The number of hydrogen-bond acceptors (Lipinski definition) is 4. The molecular formula is C20H13BrClN3O3. The van der Waals surface area contributed by atoms with Gasteiger partial charge in [-0.15, -0.1) is 10.2 Å². The van der Waals surface area contributed by atoms with Gasteiger partial charge in [0.15, 0.2) is 12.3 Å². The highest BCUT2D eigenvalue weighted by molar-refractivity contribution is 9.10. The summed E-state index contributed by atoms with van der Waals surface area (Å²) >= 11 is 9.40. The van der Waals surface area contributed by atoms with Gasteiger partial charge < -0.3 is 14.8 Å². The van der Waals surface area contributed by atoms with Crippen LogP contribution in [0.4, 0.5) is 5.69 Å². The number of hydrogen-bond donors (Lipinski definition) is 2. The molecule has 3 aromatic carbocycles. The molecule has 1 amide bonds. The summed E-state index contributed by atoms with van der Waals surface area (Å²) in [5.74, 6) is -0.221. The second-order valence-electron chi connectivity index (χ2n) is 6.02. The predicted molar refractivity (Wildman–Crippen MR) is 112 cm³/mol. The van der Waals surface area contributed by atoms with Crippen LogP contribution in [-0.4, -0.2) is 22.6 Å². The van der Waals surface area contributed by atoms with Crippen molar-refractivity contribution < 1.29 is 14.6 Å². The van der Waals surface area contributed by atoms with Gasteiger partial charge in [0.1, 0.15) is 5.75 Å². The van der Waals surface area contributed by atoms with Crippen LogP contribution in [0.5, 0.6) is 11.6 Å². The number of aromatic nitrogens is 1. The summed E-state index contributed by atoms with van der Waals surface area (Å²) in [5.41, 5.74) is 0.743. The van der Waals surface area contributed by atoms with Crippen LogP contribution in [0.2, 0.25) is 5.02 Å². The number of nitrogens with zero attached hydrogens (tertiary/aromatic N) is 2. The van der Waals surface area contributed by atoms with E-state index in [1.807, 2.05) is 36.4 Å². The van der Waals surface area contributed by atoms with Crippen molar-refractivity contribution in [3.63, 3.8) is 0 Å². The molecule has 0 aliphatic heterocycles. The first-order valence-corrected chi connectivity index (χ1v) is 9.44. The van der Waals surface area contributed by atoms with Crippen LogP contribution >= 0.6 is 27.5 Å². The summed E-state index contributed by atoms with van der Waals surface area (Å²) in [7, 11) is 0. The monoisotopic (exact) mass is 457 g/mol. The van der Waals surface area contributed by atoms with E-state index >= 15 is 0 Å². The van der Waals surface area contributed by atoms with E-state index in [4.69, 9.17) is 16.3 Å². The normalized spacial score (nSPS) is 11.5. The van der Waals surface area contributed by atoms with Crippen LogP contribution < -0.4 is 4.74 Å². The number of aromatic hydroxyl groups is 1. The van der Waals surface area contributed by atoms with Crippen molar-refractivity contribution in [2.75, 3.05) is 6.61 Å². The second kappa shape index (κ2) is 7.61. The van der Waals surface area contributed by atoms with E-state index in [2.05, 4.69) is 31.1 Å². The number of ether oxygens (including phenoxy) is 1. The van der Waals surface area contributed by atoms with E-state index in [1.54, 1.807) is 18.2 Å². The van der Waals surface area contributed by atoms with E-state index in [-0.39, 0.29) is 18.2 Å². The third-order valence-corrected chi connectivity index (χ3v) is 4.97. The minimum Gasteiger partial charge on any atom is -0.493 e. The number of carbonyl (C=O) groups is 1. The van der Waals surface area contributed by atoms with E-state index in [0.717, 1.165) is 10.8 Å². The molecule has 0 fully saturated rings. The third kappa shape index (κ3) is 3.72. The van der Waals surface area contributed by atoms with Gasteiger partial charge in [-0.3, -0.25) is 4.79 Å². The topological polar surface area (TPSA) is 87.0 Å². The lowest BCUT2D eigenvalue weighted by Gasteiger charge is -2.04. The Morgan fingerprint density at radius 3 is 2.75 bits per heavy atom. The number of H-pyrrole nitrogens is 1. The van der Waals surface area contributed by atoms with E-state index in [9.17, 15) is 9.90 Å². The van der Waals surface area contributed by atoms with Gasteiger partial charge in [-0.25, -0.2) is 0 Å². The quantitative estimate of drug-likeness (QED) is 0.360. The molecule has 0 bridgehead atoms. The summed E-state index contributed by atoms with van der Waals surface area (Å²) in [6.45, 7) is -0.268. The minimum absolute atomic E-state index is 0.136. The molecule has 1 aromatic heterocycles. The molecule has 0 spiro atoms. The number of azo groups is 1. The van der Waals surface area contributed by atoms with Crippen molar-refractivity contribution in [2.45, 2.75) is 0 Å². The average molecular weight is 459 g/mol. The number of aromatic amines is 1. The molecule has 0 saturated carbocycles. The van der Waals surface area contributed by atoms with E-state index in [0.29, 0.717) is 26.1 Å². The number of halogens is 2. The zero-order valence-electron chi connectivity index (χ0n) is 14.3. The second-order valence-corrected chi connectivity index (χ2v) is 7.31. The van der Waals surface area contributed by atoms with Gasteiger partial charge in [0, 0.05) is 14.9 Å². The van der Waals surface area contributed by atoms with E-state index < -0.39 is 5.91 Å². The molecule has 28 heavy (non-hydrogen) atoms. The van der Waals surface area contributed by atoms with Crippen LogP contribution in [0.25, 0.3) is 21.7 Å². The number of benzene rings is 3. The molecule has 0 unspecified atom stereocenters. The summed E-state index contributed by atoms with van der Waals surface area (Å²) in [5, 5.41) is 20.7. The number of amides is 1. The maximum absolute atomic E-state index is 12.0. The summed E-state index contributed by atoms with van der Waals surface area (Å²) < 4.78 is 6.16. The molecule has 4 rings (SSSR count). The highest BCUT2D eigenvalue weighted by Crippen LogP contribution is 2.40. The standard InChI is InChI=1S/C20H13BrClN3O3/c21-16-9-13(22)8-15-18(16)23-20(27)19(15)25-24-17(26)10-28-14-6-5-11-3-1-2-4-12(11)7-14/h1-9,23,27H,10H2. The largest absolute Gasteiger partial charge is 0.493 e. The number of rotatable bonds is 4. The third-order valence-electron chi connectivity index (χ3n) is 4.12. The van der Waals surface area contributed by atoms with Crippen molar-refractivity contribution in [1.82, 2.24) is 4.98 Å². The predicted octanol–water partition coefficient (Wildman–Crippen LogP) is 6.13. The van der Waals surface area contributed by atoms with Gasteiger partial charge in [0.25, 0.3) is 0 Å². The Bertz CT molecular complexity index is 1240. The zero-order chi connectivity index (χ0) is 19.7. The minimum atomic E-state index is -0.581. The molecule has 0 aliphatic rings. The average Bonchev–Trinajstić information content (AvgIpc) is 3.00. The van der Waals surface area contributed by atoms with Crippen LogP contribution in [0, 0.1) is 0 Å². The van der Waals surface area contributed by atoms with Crippen LogP contribution in [-0.2, 0) is 4.79 Å². The lowest BCUT2D eigenvalue weighted by atomic mass is 10.1. The molecule has 2 N–H and O–H groups in total. The van der Waals surface area contributed by atoms with Gasteiger partial charge in [-0.2, -0.15) is 0 Å². The Balaban J connectivity index is 1.49. The zero-order valence-corrected chi connectivity index (χ0v) is 16.7. The van der Waals surface area contributed by atoms with Gasteiger partial charge in [0.05, 0.1) is 5.52 Å². The van der Waals surface area contributed by atoms with Crippen molar-refractivity contribution in [1.29, 1.82) is 0 Å². The molecule has 1 heterocycles.